The van der Waals surface area contributed by atoms with E-state index in [1.807, 2.05) is 84.9 Å². The average molecular weight is 739 g/mol. The van der Waals surface area contributed by atoms with Gasteiger partial charge in [0.1, 0.15) is 0 Å². The van der Waals surface area contributed by atoms with Gasteiger partial charge in [-0.05, 0) is 53.6 Å². The average Bonchev–Trinajstić information content (AvgIpc) is 4.03. The first-order chi connectivity index (χ1) is 33.7. The summed E-state index contributed by atoms with van der Waals surface area (Å²) in [5.74, 6) is 0. The minimum Gasteiger partial charge on any atom is -0.309 e. The SMILES string of the molecule is [2H]c1c([2H])c([2H])c(-c2c([2H])c([2H])c([2H])c(-c3c([2H])c([2H])c([2H])c([2H])c3[2H])c2-n2c3ccccc3c3cccc(-n4c5ccccc5c5c(-n6c7ccccc7c7ccccc76)cccc54)c32)c([2H])c1[2H]. The summed E-state index contributed by atoms with van der Waals surface area (Å²) in [6, 6.07) is 34.8. The summed E-state index contributed by atoms with van der Waals surface area (Å²) in [4.78, 5) is 0. The van der Waals surface area contributed by atoms with Crippen LogP contribution in [0.25, 0.3) is 105 Å². The predicted molar refractivity (Wildman–Crippen MR) is 240 cm³/mol. The van der Waals surface area contributed by atoms with Crippen LogP contribution < -0.4 is 0 Å². The van der Waals surface area contributed by atoms with E-state index in [1.54, 1.807) is 16.7 Å². The Morgan fingerprint density at radius 1 is 0.316 bits per heavy atom. The third kappa shape index (κ3) is 4.60. The molecule has 0 unspecified atom stereocenters. The highest BCUT2D eigenvalue weighted by Gasteiger charge is 2.25. The maximum atomic E-state index is 9.66. The molecule has 0 bridgehead atoms. The third-order valence-electron chi connectivity index (χ3n) is 11.0. The number of fused-ring (bicyclic) bond motifs is 9. The molecule has 3 heteroatoms. The molecule has 0 saturated heterocycles. The zero-order chi connectivity index (χ0) is 48.8. The Morgan fingerprint density at radius 3 is 1.33 bits per heavy atom. The lowest BCUT2D eigenvalue weighted by molar-refractivity contribution is 1.13. The lowest BCUT2D eigenvalue weighted by atomic mass is 9.95. The fraction of sp³-hybridized carbons (Fsp3) is 0. The lowest BCUT2D eigenvalue weighted by Gasteiger charge is -2.21. The Balaban J connectivity index is 1.31. The Labute approximate surface area is 347 Å². The van der Waals surface area contributed by atoms with Crippen molar-refractivity contribution in [3.63, 3.8) is 0 Å². The number of para-hydroxylation sites is 6. The molecule has 0 radical (unpaired) electrons. The van der Waals surface area contributed by atoms with Crippen LogP contribution in [0.1, 0.15) is 17.8 Å². The van der Waals surface area contributed by atoms with E-state index >= 15 is 0 Å². The van der Waals surface area contributed by atoms with Gasteiger partial charge in [0.15, 0.2) is 0 Å². The van der Waals surface area contributed by atoms with Crippen LogP contribution in [0.3, 0.4) is 0 Å². The van der Waals surface area contributed by atoms with E-state index in [0.717, 1.165) is 49.3 Å². The van der Waals surface area contributed by atoms with E-state index in [9.17, 15) is 9.60 Å². The van der Waals surface area contributed by atoms with Crippen LogP contribution in [0, 0.1) is 0 Å². The van der Waals surface area contributed by atoms with Gasteiger partial charge in [-0.1, -0.05) is 170 Å². The van der Waals surface area contributed by atoms with Gasteiger partial charge in [0.05, 0.1) is 68.0 Å². The molecule has 3 aromatic heterocycles. The second-order valence-corrected chi connectivity index (χ2v) is 13.9. The quantitative estimate of drug-likeness (QED) is 0.167. The van der Waals surface area contributed by atoms with E-state index in [-0.39, 0.29) is 16.8 Å². The topological polar surface area (TPSA) is 14.8 Å². The molecule has 12 rings (SSSR count). The molecular weight excluding hydrogens is 691 g/mol. The Bertz CT molecular complexity index is 4090. The summed E-state index contributed by atoms with van der Waals surface area (Å²) in [5, 5.41) is 5.40. The summed E-state index contributed by atoms with van der Waals surface area (Å²) in [6.45, 7) is 0. The Morgan fingerprint density at radius 2 is 0.737 bits per heavy atom. The van der Waals surface area contributed by atoms with Crippen molar-refractivity contribution < 1.29 is 17.8 Å². The van der Waals surface area contributed by atoms with Crippen molar-refractivity contribution in [2.24, 2.45) is 0 Å². The van der Waals surface area contributed by atoms with Crippen molar-refractivity contribution in [3.05, 3.63) is 212 Å². The first-order valence-corrected chi connectivity index (χ1v) is 18.6. The van der Waals surface area contributed by atoms with Crippen molar-refractivity contribution in [3.8, 4) is 39.3 Å². The minimum absolute atomic E-state index is 0.173. The first kappa shape index (κ1) is 21.5. The largest absolute Gasteiger partial charge is 0.309 e. The number of hydrogen-bond acceptors (Lipinski definition) is 0. The summed E-state index contributed by atoms with van der Waals surface area (Å²) >= 11 is 0. The number of rotatable bonds is 5. The molecule has 0 fully saturated rings. The first-order valence-electron chi connectivity index (χ1n) is 25.1. The molecule has 0 N–H and O–H groups in total. The van der Waals surface area contributed by atoms with E-state index < -0.39 is 89.7 Å². The van der Waals surface area contributed by atoms with Gasteiger partial charge in [0.25, 0.3) is 0 Å². The normalized spacial score (nSPS) is 15.1. The standard InChI is InChI=1S/C54H35N3/c1-3-18-36(19-4-1)38-26-15-27-39(37-20-5-2-6-21-37)53(38)57-47-31-13-9-24-42(47)43-28-16-35-51(54(43)57)56-48-32-14-10-25-44(48)52-49(33-17-34-50(52)56)55-45-29-11-7-22-40(45)41-23-8-12-30-46(41)55/h1-35H/i1D,2D,3D,4D,5D,6D,15D,18D,19D,20D,21D,26D,27D. The van der Waals surface area contributed by atoms with Gasteiger partial charge in [-0.3, -0.25) is 0 Å². The number of benzene rings is 9. The molecule has 0 aliphatic carbocycles. The molecular formula is C54H35N3. The van der Waals surface area contributed by atoms with Gasteiger partial charge in [0.2, 0.25) is 0 Å². The molecule has 266 valence electrons. The zero-order valence-electron chi connectivity index (χ0n) is 43.0. The van der Waals surface area contributed by atoms with Crippen LogP contribution in [0.15, 0.2) is 212 Å². The van der Waals surface area contributed by atoms with Crippen molar-refractivity contribution in [1.82, 2.24) is 13.7 Å². The monoisotopic (exact) mass is 738 g/mol. The van der Waals surface area contributed by atoms with Gasteiger partial charge >= 0.3 is 0 Å². The molecule has 0 amide bonds. The molecule has 0 aliphatic heterocycles. The summed E-state index contributed by atoms with van der Waals surface area (Å²) < 4.78 is 124. The molecule has 0 aliphatic rings. The highest BCUT2D eigenvalue weighted by atomic mass is 15.1. The lowest BCUT2D eigenvalue weighted by Crippen LogP contribution is -2.04. The Hall–Kier alpha value is -7.62. The van der Waals surface area contributed by atoms with Crippen molar-refractivity contribution >= 4 is 65.4 Å². The van der Waals surface area contributed by atoms with Gasteiger partial charge < -0.3 is 13.7 Å². The van der Waals surface area contributed by atoms with Crippen LogP contribution in [0.2, 0.25) is 0 Å². The van der Waals surface area contributed by atoms with Crippen LogP contribution in [0.4, 0.5) is 0 Å². The fourth-order valence-electron chi connectivity index (χ4n) is 8.78. The van der Waals surface area contributed by atoms with Crippen molar-refractivity contribution in [1.29, 1.82) is 0 Å². The zero-order valence-corrected chi connectivity index (χ0v) is 30.0. The number of nitrogens with zero attached hydrogens (tertiary/aromatic N) is 3. The summed E-state index contributed by atoms with van der Waals surface area (Å²) in [5.41, 5.74) is 4.32. The molecule has 3 heterocycles. The second-order valence-electron chi connectivity index (χ2n) is 13.9. The number of hydrogen-bond donors (Lipinski definition) is 0. The number of aromatic nitrogens is 3. The Kier molecular flexibility index (Phi) is 4.69. The minimum atomic E-state index is -0.742. The van der Waals surface area contributed by atoms with Crippen LogP contribution in [0.5, 0.6) is 0 Å². The highest BCUT2D eigenvalue weighted by Crippen LogP contribution is 2.45. The van der Waals surface area contributed by atoms with E-state index in [4.69, 9.17) is 8.22 Å². The van der Waals surface area contributed by atoms with Crippen molar-refractivity contribution in [2.75, 3.05) is 0 Å². The molecule has 0 spiro atoms. The van der Waals surface area contributed by atoms with Crippen molar-refractivity contribution in [2.45, 2.75) is 0 Å². The van der Waals surface area contributed by atoms with E-state index in [2.05, 4.69) is 45.5 Å². The summed E-state index contributed by atoms with van der Waals surface area (Å²) in [7, 11) is 0. The molecule has 3 nitrogen and oxygen atoms in total. The third-order valence-corrected chi connectivity index (χ3v) is 11.0. The van der Waals surface area contributed by atoms with Crippen LogP contribution in [-0.2, 0) is 0 Å². The van der Waals surface area contributed by atoms with Gasteiger partial charge in [-0.2, -0.15) is 0 Å². The molecule has 0 atom stereocenters. The fourth-order valence-corrected chi connectivity index (χ4v) is 8.78. The summed E-state index contributed by atoms with van der Waals surface area (Å²) in [6.07, 6.45) is 0. The molecule has 12 aromatic rings. The van der Waals surface area contributed by atoms with Gasteiger partial charge in [0, 0.05) is 43.4 Å². The van der Waals surface area contributed by atoms with E-state index in [0.29, 0.717) is 27.5 Å². The smallest absolute Gasteiger partial charge is 0.0782 e. The predicted octanol–water partition coefficient (Wildman–Crippen LogP) is 14.3. The maximum absolute atomic E-state index is 9.66. The van der Waals surface area contributed by atoms with Gasteiger partial charge in [-0.25, -0.2) is 0 Å². The molecule has 57 heavy (non-hydrogen) atoms. The molecule has 9 aromatic carbocycles. The van der Waals surface area contributed by atoms with E-state index in [1.165, 1.54) is 0 Å². The maximum Gasteiger partial charge on any atom is 0.0782 e. The van der Waals surface area contributed by atoms with Gasteiger partial charge in [-0.15, -0.1) is 0 Å². The highest BCUT2D eigenvalue weighted by molar-refractivity contribution is 6.19. The van der Waals surface area contributed by atoms with Crippen LogP contribution >= 0.6 is 0 Å². The molecule has 0 saturated carbocycles. The second kappa shape index (κ2) is 12.5. The van der Waals surface area contributed by atoms with Crippen LogP contribution in [-0.4, -0.2) is 13.7 Å².